The van der Waals surface area contributed by atoms with Gasteiger partial charge in [-0.2, -0.15) is 5.10 Å². The predicted molar refractivity (Wildman–Crippen MR) is 173 cm³/mol. The van der Waals surface area contributed by atoms with Gasteiger partial charge in [-0.25, -0.2) is 14.5 Å². The van der Waals surface area contributed by atoms with Crippen LogP contribution < -0.4 is 10.6 Å². The Morgan fingerprint density at radius 1 is 1.02 bits per heavy atom. The minimum absolute atomic E-state index is 0.0433. The van der Waals surface area contributed by atoms with Gasteiger partial charge < -0.3 is 15.5 Å². The number of anilines is 3. The number of hydrogen-bond acceptors (Lipinski definition) is 7. The van der Waals surface area contributed by atoms with Crippen molar-refractivity contribution >= 4 is 40.1 Å². The summed E-state index contributed by atoms with van der Waals surface area (Å²) in [7, 11) is 2.15. The molecule has 0 fully saturated rings. The van der Waals surface area contributed by atoms with E-state index in [4.69, 9.17) is 10.1 Å². The molecule has 9 heteroatoms. The number of carbonyl (C=O) groups is 1. The lowest BCUT2D eigenvalue weighted by molar-refractivity contribution is -0.115. The van der Waals surface area contributed by atoms with Crippen molar-refractivity contribution in [2.75, 3.05) is 24.2 Å². The number of benzene rings is 2. The lowest BCUT2D eigenvalue weighted by Gasteiger charge is -2.25. The van der Waals surface area contributed by atoms with Gasteiger partial charge in [0.2, 0.25) is 11.9 Å². The molecule has 0 aliphatic carbocycles. The Hall–Kier alpha value is -4.86. The quantitative estimate of drug-likeness (QED) is 0.216. The average molecular weight is 586 g/mol. The Morgan fingerprint density at radius 2 is 1.95 bits per heavy atom. The van der Waals surface area contributed by atoms with E-state index in [1.807, 2.05) is 77.6 Å². The van der Waals surface area contributed by atoms with E-state index in [1.165, 1.54) is 11.1 Å². The Morgan fingerprint density at radius 3 is 2.84 bits per heavy atom. The summed E-state index contributed by atoms with van der Waals surface area (Å²) >= 11 is 1.58. The number of rotatable bonds is 7. The fraction of sp³-hybridized carbons (Fsp3) is 0.176. The van der Waals surface area contributed by atoms with Gasteiger partial charge in [0.15, 0.2) is 0 Å². The second-order valence-corrected chi connectivity index (χ2v) is 12.0. The summed E-state index contributed by atoms with van der Waals surface area (Å²) in [4.78, 5) is 25.7. The molecule has 0 bridgehead atoms. The second kappa shape index (κ2) is 11.4. The molecule has 6 aromatic rings. The van der Waals surface area contributed by atoms with Crippen molar-refractivity contribution in [3.8, 4) is 22.5 Å². The minimum Gasteiger partial charge on any atom is -0.326 e. The van der Waals surface area contributed by atoms with Gasteiger partial charge in [0, 0.05) is 47.3 Å². The van der Waals surface area contributed by atoms with E-state index in [-0.39, 0.29) is 5.91 Å². The molecule has 214 valence electrons. The van der Waals surface area contributed by atoms with Crippen molar-refractivity contribution in [1.82, 2.24) is 24.5 Å². The molecule has 0 saturated carbocycles. The van der Waals surface area contributed by atoms with E-state index in [0.29, 0.717) is 12.4 Å². The maximum Gasteiger partial charge on any atom is 0.229 e. The molecule has 0 unspecified atom stereocenters. The van der Waals surface area contributed by atoms with Crippen LogP contribution in [0.25, 0.3) is 28.0 Å². The Balaban J connectivity index is 1.23. The van der Waals surface area contributed by atoms with Gasteiger partial charge in [0.05, 0.1) is 23.2 Å². The van der Waals surface area contributed by atoms with Crippen molar-refractivity contribution in [1.29, 1.82) is 0 Å². The smallest absolute Gasteiger partial charge is 0.229 e. The molecule has 4 aromatic heterocycles. The summed E-state index contributed by atoms with van der Waals surface area (Å²) in [6, 6.07) is 24.4. The summed E-state index contributed by atoms with van der Waals surface area (Å²) < 4.78 is 1.87. The number of aromatic nitrogens is 4. The number of hydrogen-bond donors (Lipinski definition) is 2. The van der Waals surface area contributed by atoms with Gasteiger partial charge in [-0.3, -0.25) is 4.79 Å². The van der Waals surface area contributed by atoms with Crippen LogP contribution in [0.4, 0.5) is 17.3 Å². The number of nitrogens with zero attached hydrogens (tertiary/aromatic N) is 5. The van der Waals surface area contributed by atoms with Gasteiger partial charge >= 0.3 is 0 Å². The largest absolute Gasteiger partial charge is 0.326 e. The molecule has 0 spiro atoms. The number of aryl methyl sites for hydroxylation is 1. The molecule has 7 rings (SSSR count). The van der Waals surface area contributed by atoms with Crippen molar-refractivity contribution < 1.29 is 4.79 Å². The number of carbonyl (C=O) groups excluding carboxylic acids is 1. The maximum absolute atomic E-state index is 12.8. The monoisotopic (exact) mass is 585 g/mol. The van der Waals surface area contributed by atoms with Gasteiger partial charge in [-0.05, 0) is 84.9 Å². The highest BCUT2D eigenvalue weighted by atomic mass is 32.1. The average Bonchev–Trinajstić information content (AvgIpc) is 3.66. The van der Waals surface area contributed by atoms with Crippen LogP contribution in [0.2, 0.25) is 0 Å². The molecule has 2 N–H and O–H groups in total. The topological polar surface area (TPSA) is 87.4 Å². The third-order valence-corrected chi connectivity index (χ3v) is 8.69. The lowest BCUT2D eigenvalue weighted by atomic mass is 9.99. The first kappa shape index (κ1) is 27.0. The molecule has 43 heavy (non-hydrogen) atoms. The number of likely N-dealkylation sites (N-methyl/N-ethyl adjacent to an activating group) is 1. The van der Waals surface area contributed by atoms with Crippen LogP contribution in [0.15, 0.2) is 90.6 Å². The fourth-order valence-electron chi connectivity index (χ4n) is 5.59. The number of amides is 1. The molecular formula is C34H31N7OS. The number of thiophene rings is 1. The zero-order chi connectivity index (χ0) is 29.3. The minimum atomic E-state index is -0.0433. The van der Waals surface area contributed by atoms with Crippen LogP contribution in [0.1, 0.15) is 21.6 Å². The molecule has 5 heterocycles. The van der Waals surface area contributed by atoms with E-state index in [1.54, 1.807) is 17.5 Å². The first-order chi connectivity index (χ1) is 21.0. The van der Waals surface area contributed by atoms with Crippen LogP contribution in [0, 0.1) is 6.92 Å². The van der Waals surface area contributed by atoms with Crippen LogP contribution >= 0.6 is 11.3 Å². The van der Waals surface area contributed by atoms with Crippen LogP contribution in [0.3, 0.4) is 0 Å². The zero-order valence-corrected chi connectivity index (χ0v) is 24.9. The first-order valence-corrected chi connectivity index (χ1v) is 15.2. The maximum atomic E-state index is 12.8. The Kier molecular flexibility index (Phi) is 7.18. The summed E-state index contributed by atoms with van der Waals surface area (Å²) in [6.45, 7) is 4.01. The number of nitrogens with one attached hydrogen (secondary N) is 2. The molecule has 1 amide bonds. The van der Waals surface area contributed by atoms with E-state index in [2.05, 4.69) is 45.8 Å². The molecule has 0 atom stereocenters. The molecule has 1 aliphatic heterocycles. The molecule has 2 aromatic carbocycles. The highest BCUT2D eigenvalue weighted by Gasteiger charge is 2.20. The first-order valence-electron chi connectivity index (χ1n) is 14.3. The highest BCUT2D eigenvalue weighted by Crippen LogP contribution is 2.36. The Bertz CT molecular complexity index is 1950. The van der Waals surface area contributed by atoms with Gasteiger partial charge in [0.1, 0.15) is 5.69 Å². The van der Waals surface area contributed by atoms with Crippen LogP contribution in [0.5, 0.6) is 0 Å². The van der Waals surface area contributed by atoms with Crippen LogP contribution in [-0.4, -0.2) is 44.0 Å². The SMILES string of the molecule is Cc1ccc(-c2nn3ccccc3c2-c2ccnc(Nc3ccc4c(c3)CN(C)CC4)n2)cc1NC(=O)Cc1cccs1. The summed E-state index contributed by atoms with van der Waals surface area (Å²) in [5.41, 5.74) is 9.71. The van der Waals surface area contributed by atoms with E-state index < -0.39 is 0 Å². The van der Waals surface area contributed by atoms with Gasteiger partial charge in [0.25, 0.3) is 0 Å². The summed E-state index contributed by atoms with van der Waals surface area (Å²) in [5.74, 6) is 0.478. The fourth-order valence-corrected chi connectivity index (χ4v) is 6.29. The summed E-state index contributed by atoms with van der Waals surface area (Å²) in [6.07, 6.45) is 5.12. The van der Waals surface area contributed by atoms with Crippen molar-refractivity contribution in [2.45, 2.75) is 26.3 Å². The Labute approximate surface area is 254 Å². The highest BCUT2D eigenvalue weighted by molar-refractivity contribution is 7.10. The second-order valence-electron chi connectivity index (χ2n) is 10.9. The number of fused-ring (bicyclic) bond motifs is 2. The molecule has 1 aliphatic rings. The standard InChI is InChI=1S/C34H31N7OS/c1-22-8-9-24(19-29(22)37-31(42)20-27-6-5-17-43-27)33-32(30-7-3-4-15-41(30)39-33)28-12-14-35-34(38-28)36-26-11-10-23-13-16-40(2)21-25(23)18-26/h3-12,14-15,17-19H,13,16,20-21H2,1-2H3,(H,37,42)(H,35,36,38). The van der Waals surface area contributed by atoms with Gasteiger partial charge in [-0.15, -0.1) is 11.3 Å². The van der Waals surface area contributed by atoms with Gasteiger partial charge in [-0.1, -0.05) is 30.3 Å². The third kappa shape index (κ3) is 5.64. The zero-order valence-electron chi connectivity index (χ0n) is 24.0. The molecule has 8 nitrogen and oxygen atoms in total. The van der Waals surface area contributed by atoms with Crippen LogP contribution in [-0.2, 0) is 24.2 Å². The number of pyridine rings is 1. The van der Waals surface area contributed by atoms with E-state index in [9.17, 15) is 4.79 Å². The normalized spacial score (nSPS) is 13.2. The van der Waals surface area contributed by atoms with E-state index in [0.717, 1.165) is 69.4 Å². The molecular weight excluding hydrogens is 554 g/mol. The van der Waals surface area contributed by atoms with Crippen molar-refractivity contribution in [2.24, 2.45) is 0 Å². The summed E-state index contributed by atoms with van der Waals surface area (Å²) in [5, 5.41) is 13.5. The molecule has 0 radical (unpaired) electrons. The van der Waals surface area contributed by atoms with Crippen molar-refractivity contribution in [3.05, 3.63) is 112 Å². The lowest BCUT2D eigenvalue weighted by Crippen LogP contribution is -2.26. The molecule has 0 saturated heterocycles. The third-order valence-electron chi connectivity index (χ3n) is 7.82. The van der Waals surface area contributed by atoms with E-state index >= 15 is 0 Å². The predicted octanol–water partition coefficient (Wildman–Crippen LogP) is 6.74. The van der Waals surface area contributed by atoms with Crippen molar-refractivity contribution in [3.63, 3.8) is 0 Å².